The molecule has 2 atom stereocenters. The summed E-state index contributed by atoms with van der Waals surface area (Å²) < 4.78 is 42.8. The number of aromatic nitrogens is 3. The van der Waals surface area contributed by atoms with Crippen LogP contribution in [0.2, 0.25) is 0 Å². The molecule has 214 valence electrons. The normalized spacial score (nSPS) is 23.3. The van der Waals surface area contributed by atoms with Crippen LogP contribution in [0.25, 0.3) is 32.9 Å². The fourth-order valence-corrected chi connectivity index (χ4v) is 6.78. The van der Waals surface area contributed by atoms with E-state index in [-0.39, 0.29) is 36.0 Å². The third-order valence-electron chi connectivity index (χ3n) is 8.76. The predicted octanol–water partition coefficient (Wildman–Crippen LogP) is 4.66. The van der Waals surface area contributed by atoms with E-state index in [0.29, 0.717) is 61.6 Å². The van der Waals surface area contributed by atoms with E-state index in [1.807, 2.05) is 30.3 Å². The summed E-state index contributed by atoms with van der Waals surface area (Å²) in [6, 6.07) is 11.4. The maximum Gasteiger partial charge on any atom is 0.319 e. The van der Waals surface area contributed by atoms with Gasteiger partial charge >= 0.3 is 6.01 Å². The molecule has 0 aliphatic carbocycles. The zero-order chi connectivity index (χ0) is 28.0. The van der Waals surface area contributed by atoms with E-state index in [2.05, 4.69) is 19.8 Å². The van der Waals surface area contributed by atoms with Gasteiger partial charge in [0.05, 0.1) is 24.1 Å². The largest absolute Gasteiger partial charge is 0.461 e. The molecule has 3 aliphatic heterocycles. The van der Waals surface area contributed by atoms with Gasteiger partial charge in [-0.05, 0) is 54.3 Å². The Morgan fingerprint density at radius 2 is 1.98 bits per heavy atom. The van der Waals surface area contributed by atoms with Crippen molar-refractivity contribution in [2.75, 3.05) is 50.9 Å². The Morgan fingerprint density at radius 3 is 2.88 bits per heavy atom. The van der Waals surface area contributed by atoms with Gasteiger partial charge in [0.2, 0.25) is 0 Å². The van der Waals surface area contributed by atoms with Crippen molar-refractivity contribution < 1.29 is 23.4 Å². The topological polar surface area (TPSA) is 83.8 Å². The molecule has 0 saturated carbocycles. The second-order valence-corrected chi connectivity index (χ2v) is 11.4. The highest BCUT2D eigenvalue weighted by molar-refractivity contribution is 5.99. The lowest BCUT2D eigenvalue weighted by Crippen LogP contribution is -2.43. The first-order valence-corrected chi connectivity index (χ1v) is 14.4. The Morgan fingerprint density at radius 1 is 1.07 bits per heavy atom. The van der Waals surface area contributed by atoms with E-state index >= 15 is 4.39 Å². The van der Waals surface area contributed by atoms with Crippen molar-refractivity contribution in [2.45, 2.75) is 44.0 Å². The summed E-state index contributed by atoms with van der Waals surface area (Å²) in [6.07, 6.45) is 3.84. The van der Waals surface area contributed by atoms with Crippen LogP contribution in [0.5, 0.6) is 6.01 Å². The molecule has 3 aliphatic rings. The quantitative estimate of drug-likeness (QED) is 0.364. The first-order valence-electron chi connectivity index (χ1n) is 14.4. The number of halogens is 2. The lowest BCUT2D eigenvalue weighted by molar-refractivity contribution is 0.107. The first kappa shape index (κ1) is 26.4. The number of anilines is 1. The molecule has 0 unspecified atom stereocenters. The van der Waals surface area contributed by atoms with Gasteiger partial charge in [0, 0.05) is 44.4 Å². The zero-order valence-corrected chi connectivity index (χ0v) is 22.9. The zero-order valence-electron chi connectivity index (χ0n) is 22.9. The maximum absolute atomic E-state index is 16.6. The number of ether oxygens (including phenoxy) is 2. The highest BCUT2D eigenvalue weighted by atomic mass is 19.1. The number of aliphatic hydroxyl groups is 1. The van der Waals surface area contributed by atoms with Gasteiger partial charge in [0.25, 0.3) is 0 Å². The number of pyridine rings is 1. The summed E-state index contributed by atoms with van der Waals surface area (Å²) in [5.74, 6) is -0.0226. The molecule has 4 aromatic rings. The predicted molar refractivity (Wildman–Crippen MR) is 152 cm³/mol. The lowest BCUT2D eigenvalue weighted by atomic mass is 9.95. The number of alkyl halides is 1. The maximum atomic E-state index is 16.6. The van der Waals surface area contributed by atoms with Crippen LogP contribution in [0.15, 0.2) is 42.6 Å². The van der Waals surface area contributed by atoms with Crippen LogP contribution in [0.4, 0.5) is 14.6 Å². The molecule has 0 bridgehead atoms. The van der Waals surface area contributed by atoms with Gasteiger partial charge in [0.1, 0.15) is 29.8 Å². The Labute approximate surface area is 236 Å². The molecule has 1 N–H and O–H groups in total. The van der Waals surface area contributed by atoms with Gasteiger partial charge in [-0.15, -0.1) is 0 Å². The highest BCUT2D eigenvalue weighted by Gasteiger charge is 2.49. The van der Waals surface area contributed by atoms with E-state index < -0.39 is 12.0 Å². The Balaban J connectivity index is 1.35. The Bertz CT molecular complexity index is 1600. The molecule has 41 heavy (non-hydrogen) atoms. The van der Waals surface area contributed by atoms with Gasteiger partial charge in [-0.1, -0.05) is 24.3 Å². The number of aliphatic hydroxyl groups excluding tert-OH is 1. The lowest BCUT2D eigenvalue weighted by Gasteiger charge is -2.31. The summed E-state index contributed by atoms with van der Waals surface area (Å²) in [7, 11) is 0. The number of hydrogen-bond donors (Lipinski definition) is 1. The summed E-state index contributed by atoms with van der Waals surface area (Å²) in [4.78, 5) is 18.2. The molecular weight excluding hydrogens is 528 g/mol. The van der Waals surface area contributed by atoms with Gasteiger partial charge in [-0.25, -0.2) is 8.78 Å². The fourth-order valence-electron chi connectivity index (χ4n) is 6.78. The van der Waals surface area contributed by atoms with Crippen LogP contribution in [0.3, 0.4) is 0 Å². The van der Waals surface area contributed by atoms with Crippen LogP contribution in [0.1, 0.15) is 31.2 Å². The highest BCUT2D eigenvalue weighted by Crippen LogP contribution is 2.41. The van der Waals surface area contributed by atoms with Crippen molar-refractivity contribution in [3.63, 3.8) is 0 Å². The fraction of sp³-hybridized carbons (Fsp3) is 0.452. The number of benzene rings is 2. The first-order chi connectivity index (χ1) is 20.0. The molecule has 3 saturated heterocycles. The van der Waals surface area contributed by atoms with Crippen LogP contribution in [-0.4, -0.2) is 82.7 Å². The smallest absolute Gasteiger partial charge is 0.319 e. The molecule has 0 amide bonds. The minimum absolute atomic E-state index is 0.0752. The average molecular weight is 562 g/mol. The summed E-state index contributed by atoms with van der Waals surface area (Å²) in [5.41, 5.74) is 1.14. The Kier molecular flexibility index (Phi) is 6.92. The molecule has 10 heteroatoms. The van der Waals surface area contributed by atoms with Gasteiger partial charge in [0.15, 0.2) is 5.82 Å². The van der Waals surface area contributed by atoms with Crippen molar-refractivity contribution in [2.24, 2.45) is 0 Å². The molecule has 0 radical (unpaired) electrons. The molecular formula is C31H33F2N5O3. The second-order valence-electron chi connectivity index (χ2n) is 11.4. The van der Waals surface area contributed by atoms with Crippen molar-refractivity contribution in [1.82, 2.24) is 19.9 Å². The summed E-state index contributed by atoms with van der Waals surface area (Å²) in [5, 5.41) is 12.1. The number of nitrogens with zero attached hydrogens (tertiary/aromatic N) is 5. The minimum Gasteiger partial charge on any atom is -0.461 e. The molecule has 8 nitrogen and oxygen atoms in total. The van der Waals surface area contributed by atoms with Crippen LogP contribution in [-0.2, 0) is 11.3 Å². The number of rotatable bonds is 6. The summed E-state index contributed by atoms with van der Waals surface area (Å²) >= 11 is 0. The van der Waals surface area contributed by atoms with Crippen LogP contribution >= 0.6 is 0 Å². The average Bonchev–Trinajstić information content (AvgIpc) is 3.37. The molecule has 2 aromatic heterocycles. The van der Waals surface area contributed by atoms with E-state index in [9.17, 15) is 9.50 Å². The molecule has 2 aromatic carbocycles. The van der Waals surface area contributed by atoms with Crippen molar-refractivity contribution in [1.29, 1.82) is 0 Å². The van der Waals surface area contributed by atoms with E-state index in [1.165, 1.54) is 0 Å². The number of hydrogen-bond acceptors (Lipinski definition) is 8. The number of fused-ring (bicyclic) bond motifs is 3. The van der Waals surface area contributed by atoms with E-state index in [1.54, 1.807) is 12.3 Å². The molecule has 3 fully saturated rings. The van der Waals surface area contributed by atoms with Crippen molar-refractivity contribution in [3.05, 3.63) is 54.0 Å². The third-order valence-corrected chi connectivity index (χ3v) is 8.76. The molecule has 0 spiro atoms. The van der Waals surface area contributed by atoms with E-state index in [4.69, 9.17) is 14.5 Å². The van der Waals surface area contributed by atoms with Crippen LogP contribution < -0.4 is 9.64 Å². The second kappa shape index (κ2) is 10.7. The third kappa shape index (κ3) is 4.77. The van der Waals surface area contributed by atoms with E-state index in [0.717, 1.165) is 36.6 Å². The molecule has 5 heterocycles. The van der Waals surface area contributed by atoms with Crippen LogP contribution in [0, 0.1) is 5.82 Å². The SMILES string of the molecule is OCc1cc(-c2ncc3c(N4CCCOCC4)nc(OC[C@@]45CCCN4C[C@H](F)C5)nc3c2F)c2ccccc2c1. The monoisotopic (exact) mass is 561 g/mol. The molecule has 7 rings (SSSR count). The van der Waals surface area contributed by atoms with Crippen molar-refractivity contribution in [3.8, 4) is 17.3 Å². The van der Waals surface area contributed by atoms with Gasteiger partial charge < -0.3 is 19.5 Å². The standard InChI is InChI=1S/C31H33F2N5O3/c32-22-15-31(7-3-9-38(31)17-22)19-41-30-35-28-25(29(36-30)37-8-4-11-40-12-10-37)16-34-27(26(28)33)24-14-20(18-39)13-21-5-1-2-6-23(21)24/h1-2,5-6,13-14,16,22,39H,3-4,7-12,15,17-19H2/t22-,31+/m1/s1. The van der Waals surface area contributed by atoms with Gasteiger partial charge in [-0.3, -0.25) is 9.88 Å². The Hall–Kier alpha value is -3.47. The van der Waals surface area contributed by atoms with Crippen molar-refractivity contribution >= 4 is 27.5 Å². The minimum atomic E-state index is -0.875. The summed E-state index contributed by atoms with van der Waals surface area (Å²) in [6.45, 7) is 3.83. The van der Waals surface area contributed by atoms with Gasteiger partial charge in [-0.2, -0.15) is 9.97 Å².